The van der Waals surface area contributed by atoms with Crippen molar-refractivity contribution in [1.29, 1.82) is 0 Å². The zero-order chi connectivity index (χ0) is 14.1. The molecule has 0 atom stereocenters. The van der Waals surface area contributed by atoms with Crippen molar-refractivity contribution in [3.8, 4) is 0 Å². The molecule has 0 aliphatic carbocycles. The van der Waals surface area contributed by atoms with Crippen molar-refractivity contribution < 1.29 is 0 Å². The van der Waals surface area contributed by atoms with Crippen LogP contribution in [-0.2, 0) is 6.54 Å². The summed E-state index contributed by atoms with van der Waals surface area (Å²) >= 11 is 6.76. The molecule has 3 aromatic heterocycles. The maximum atomic E-state index is 4.32. The van der Waals surface area contributed by atoms with E-state index in [0.29, 0.717) is 6.54 Å². The molecule has 0 aliphatic rings. The van der Waals surface area contributed by atoms with Gasteiger partial charge in [0.25, 0.3) is 0 Å². The van der Waals surface area contributed by atoms with Gasteiger partial charge in [0.2, 0.25) is 0 Å². The summed E-state index contributed by atoms with van der Waals surface area (Å²) in [6.07, 6.45) is 7.29. The number of nitrogens with one attached hydrogen (secondary N) is 1. The fraction of sp³-hybridized carbons (Fsp3) is 0.154. The van der Waals surface area contributed by atoms with Crippen molar-refractivity contribution in [3.63, 3.8) is 0 Å². The Kier molecular flexibility index (Phi) is 3.71. The smallest absolute Gasteiger partial charge is 0.155 e. The van der Waals surface area contributed by atoms with Gasteiger partial charge in [0.05, 0.1) is 36.5 Å². The molecule has 0 saturated heterocycles. The lowest BCUT2D eigenvalue weighted by Crippen LogP contribution is -2.03. The second-order valence-electron chi connectivity index (χ2n) is 4.37. The van der Waals surface area contributed by atoms with Gasteiger partial charge in [-0.3, -0.25) is 4.40 Å². The van der Waals surface area contributed by atoms with Crippen molar-refractivity contribution in [2.24, 2.45) is 0 Å². The molecule has 3 aromatic rings. The highest BCUT2D eigenvalue weighted by atomic mass is 79.9. The van der Waals surface area contributed by atoms with Crippen LogP contribution in [0.5, 0.6) is 0 Å². The monoisotopic (exact) mass is 395 g/mol. The van der Waals surface area contributed by atoms with Gasteiger partial charge >= 0.3 is 0 Å². The maximum Gasteiger partial charge on any atom is 0.155 e. The molecular weight excluding hydrogens is 386 g/mol. The summed E-state index contributed by atoms with van der Waals surface area (Å²) in [4.78, 5) is 12.7. The van der Waals surface area contributed by atoms with Gasteiger partial charge in [0, 0.05) is 6.20 Å². The van der Waals surface area contributed by atoms with Gasteiger partial charge in [-0.1, -0.05) is 0 Å². The Hall–Kier alpha value is -1.47. The van der Waals surface area contributed by atoms with Crippen LogP contribution in [0.3, 0.4) is 0 Å². The molecule has 0 bridgehead atoms. The van der Waals surface area contributed by atoms with Gasteiger partial charge < -0.3 is 5.32 Å². The molecule has 102 valence electrons. The number of imidazole rings is 1. The maximum absolute atomic E-state index is 4.32. The van der Waals surface area contributed by atoms with Crippen molar-refractivity contribution in [1.82, 2.24) is 19.4 Å². The first kappa shape index (κ1) is 13.5. The van der Waals surface area contributed by atoms with E-state index in [4.69, 9.17) is 0 Å². The normalized spacial score (nSPS) is 10.9. The van der Waals surface area contributed by atoms with Crippen molar-refractivity contribution >= 4 is 43.2 Å². The molecule has 5 nitrogen and oxygen atoms in total. The molecule has 3 heterocycles. The van der Waals surface area contributed by atoms with E-state index in [1.54, 1.807) is 12.4 Å². The number of hydrogen-bond donors (Lipinski definition) is 1. The van der Waals surface area contributed by atoms with E-state index in [2.05, 4.69) is 58.2 Å². The summed E-state index contributed by atoms with van der Waals surface area (Å²) < 4.78 is 3.65. The molecule has 3 rings (SSSR count). The van der Waals surface area contributed by atoms with E-state index >= 15 is 0 Å². The van der Waals surface area contributed by atoms with Crippen LogP contribution in [0.15, 0.2) is 40.1 Å². The Labute approximate surface area is 132 Å². The van der Waals surface area contributed by atoms with Crippen LogP contribution in [0.25, 0.3) is 5.65 Å². The van der Waals surface area contributed by atoms with Crippen molar-refractivity contribution in [2.45, 2.75) is 13.5 Å². The van der Waals surface area contributed by atoms with E-state index in [1.165, 1.54) is 0 Å². The Morgan fingerprint density at radius 3 is 2.80 bits per heavy atom. The largest absolute Gasteiger partial charge is 0.378 e. The molecule has 0 aliphatic heterocycles. The van der Waals surface area contributed by atoms with Gasteiger partial charge in [-0.05, 0) is 50.4 Å². The van der Waals surface area contributed by atoms with E-state index in [-0.39, 0.29) is 0 Å². The Morgan fingerprint density at radius 1 is 1.15 bits per heavy atom. The number of aromatic nitrogens is 4. The SMILES string of the molecule is Cc1cc(NCc2cnc3cnc(Br)cn23)cnc1Br. The molecule has 0 unspecified atom stereocenters. The lowest BCUT2D eigenvalue weighted by atomic mass is 10.3. The van der Waals surface area contributed by atoms with Crippen LogP contribution in [0, 0.1) is 6.92 Å². The highest BCUT2D eigenvalue weighted by Gasteiger charge is 2.05. The first-order valence-electron chi connectivity index (χ1n) is 5.97. The standard InChI is InChI=1S/C13H11Br2N5/c1-8-2-9(3-19-13(8)15)16-4-10-5-18-12-6-17-11(14)7-20(10)12/h2-3,5-7,16H,4H2,1H3. The molecule has 0 radical (unpaired) electrons. The minimum absolute atomic E-state index is 0.667. The minimum Gasteiger partial charge on any atom is -0.378 e. The van der Waals surface area contributed by atoms with Gasteiger partial charge in [-0.25, -0.2) is 15.0 Å². The highest BCUT2D eigenvalue weighted by Crippen LogP contribution is 2.18. The second kappa shape index (κ2) is 5.49. The predicted octanol–water partition coefficient (Wildman–Crippen LogP) is 3.57. The number of pyridine rings is 1. The summed E-state index contributed by atoms with van der Waals surface area (Å²) in [5, 5.41) is 3.35. The van der Waals surface area contributed by atoms with Crippen LogP contribution in [0.2, 0.25) is 0 Å². The first-order chi connectivity index (χ1) is 9.63. The van der Waals surface area contributed by atoms with E-state index < -0.39 is 0 Å². The lowest BCUT2D eigenvalue weighted by molar-refractivity contribution is 0.980. The van der Waals surface area contributed by atoms with Crippen LogP contribution < -0.4 is 5.32 Å². The molecule has 1 N–H and O–H groups in total. The summed E-state index contributed by atoms with van der Waals surface area (Å²) in [6.45, 7) is 2.68. The van der Waals surface area contributed by atoms with Crippen LogP contribution in [0.4, 0.5) is 5.69 Å². The number of rotatable bonds is 3. The molecule has 0 aromatic carbocycles. The van der Waals surface area contributed by atoms with Gasteiger partial charge in [0.15, 0.2) is 5.65 Å². The molecule has 0 saturated carbocycles. The number of anilines is 1. The fourth-order valence-corrected chi connectivity index (χ4v) is 2.42. The highest BCUT2D eigenvalue weighted by molar-refractivity contribution is 9.10. The first-order valence-corrected chi connectivity index (χ1v) is 7.55. The van der Waals surface area contributed by atoms with Crippen LogP contribution in [0.1, 0.15) is 11.3 Å². The molecule has 0 spiro atoms. The quantitative estimate of drug-likeness (QED) is 0.687. The molecule has 20 heavy (non-hydrogen) atoms. The van der Waals surface area contributed by atoms with Crippen molar-refractivity contribution in [3.05, 3.63) is 51.3 Å². The summed E-state index contributed by atoms with van der Waals surface area (Å²) in [6, 6.07) is 2.05. The lowest BCUT2D eigenvalue weighted by Gasteiger charge is -2.07. The van der Waals surface area contributed by atoms with Gasteiger partial charge in [-0.15, -0.1) is 0 Å². The molecule has 7 heteroatoms. The Balaban J connectivity index is 1.83. The third-order valence-electron chi connectivity index (χ3n) is 2.93. The fourth-order valence-electron chi connectivity index (χ4n) is 1.89. The molecular formula is C13H11Br2N5. The zero-order valence-corrected chi connectivity index (χ0v) is 13.8. The third-order valence-corrected chi connectivity index (χ3v) is 4.17. The van der Waals surface area contributed by atoms with E-state index in [9.17, 15) is 0 Å². The second-order valence-corrected chi connectivity index (χ2v) is 5.94. The van der Waals surface area contributed by atoms with Gasteiger partial charge in [-0.2, -0.15) is 0 Å². The predicted molar refractivity (Wildman–Crippen MR) is 84.7 cm³/mol. The average molecular weight is 397 g/mol. The summed E-state index contributed by atoms with van der Waals surface area (Å²) in [5.74, 6) is 0. The molecule has 0 fully saturated rings. The van der Waals surface area contributed by atoms with E-state index in [1.807, 2.05) is 23.7 Å². The van der Waals surface area contributed by atoms with Crippen LogP contribution in [-0.4, -0.2) is 19.4 Å². The summed E-state index contributed by atoms with van der Waals surface area (Å²) in [7, 11) is 0. The van der Waals surface area contributed by atoms with Crippen molar-refractivity contribution in [2.75, 3.05) is 5.32 Å². The topological polar surface area (TPSA) is 55.1 Å². The number of fused-ring (bicyclic) bond motifs is 1. The Morgan fingerprint density at radius 2 is 2.00 bits per heavy atom. The number of hydrogen-bond acceptors (Lipinski definition) is 4. The van der Waals surface area contributed by atoms with Gasteiger partial charge in [0.1, 0.15) is 9.21 Å². The minimum atomic E-state index is 0.667. The van der Waals surface area contributed by atoms with E-state index in [0.717, 1.165) is 31.8 Å². The number of aryl methyl sites for hydroxylation is 1. The number of halogens is 2. The Bertz CT molecular complexity index is 769. The number of nitrogens with zero attached hydrogens (tertiary/aromatic N) is 4. The average Bonchev–Trinajstić information content (AvgIpc) is 2.82. The zero-order valence-electron chi connectivity index (χ0n) is 10.6. The molecule has 0 amide bonds. The van der Waals surface area contributed by atoms with Crippen LogP contribution >= 0.6 is 31.9 Å². The third kappa shape index (κ3) is 2.69. The summed E-state index contributed by atoms with van der Waals surface area (Å²) in [5.41, 5.74) is 3.97.